The average molecular weight is 437 g/mol. The molecule has 0 saturated carbocycles. The molecular weight excluding hydrogens is 393 g/mol. The van der Waals surface area contributed by atoms with Crippen molar-refractivity contribution in [3.8, 4) is 0 Å². The van der Waals surface area contributed by atoms with E-state index in [0.717, 1.165) is 11.0 Å². The van der Waals surface area contributed by atoms with Crippen molar-refractivity contribution in [1.29, 1.82) is 0 Å². The normalized spacial score (nSPS) is 11.3. The van der Waals surface area contributed by atoms with Gasteiger partial charge in [-0.1, -0.05) is 90.6 Å². The van der Waals surface area contributed by atoms with E-state index >= 15 is 0 Å². The topological polar surface area (TPSA) is 0 Å². The van der Waals surface area contributed by atoms with Gasteiger partial charge in [-0.2, -0.15) is 0 Å². The van der Waals surface area contributed by atoms with Crippen LogP contribution in [0.25, 0.3) is 0 Å². The number of unbranched alkanes of at least 4 members (excludes halogenated alkanes) is 13. The molecule has 0 N–H and O–H groups in total. The molecule has 0 aromatic carbocycles. The van der Waals surface area contributed by atoms with Crippen LogP contribution in [0.3, 0.4) is 0 Å². The van der Waals surface area contributed by atoms with Gasteiger partial charge in [0, 0.05) is 0 Å². The summed E-state index contributed by atoms with van der Waals surface area (Å²) in [5.74, 6) is 0. The van der Waals surface area contributed by atoms with Crippen LogP contribution in [0.15, 0.2) is 12.7 Å². The van der Waals surface area contributed by atoms with Crippen molar-refractivity contribution in [2.75, 3.05) is 27.2 Å². The molecule has 0 fully saturated rings. The van der Waals surface area contributed by atoms with Crippen LogP contribution in [0.2, 0.25) is 0 Å². The Morgan fingerprint density at radius 3 is 1.35 bits per heavy atom. The summed E-state index contributed by atoms with van der Waals surface area (Å²) in [6.07, 6.45) is 22.2. The Morgan fingerprint density at radius 2 is 1.00 bits per heavy atom. The lowest BCUT2D eigenvalue weighted by molar-refractivity contribution is -0.884. The third-order valence-corrected chi connectivity index (χ3v) is 4.74. The highest BCUT2D eigenvalue weighted by Gasteiger charge is 2.10. The largest absolute Gasteiger partial charge is 1.00 e. The molecule has 0 aliphatic carbocycles. The fraction of sp³-hybridized carbons (Fsp3) is 0.905. The molecule has 0 rings (SSSR count). The predicted octanol–water partition coefficient (Wildman–Crippen LogP) is 3.73. The van der Waals surface area contributed by atoms with Crippen LogP contribution in [-0.4, -0.2) is 31.7 Å². The van der Waals surface area contributed by atoms with Crippen molar-refractivity contribution < 1.29 is 28.5 Å². The highest BCUT2D eigenvalue weighted by Crippen LogP contribution is 2.13. The highest BCUT2D eigenvalue weighted by molar-refractivity contribution is 4.64. The Bertz CT molecular complexity index is 238. The SMILES string of the molecule is C=CC[N+](C)(C)CCCCCCCCCCCCCCCC.[I-]. The van der Waals surface area contributed by atoms with E-state index in [1.807, 2.05) is 6.08 Å². The van der Waals surface area contributed by atoms with Crippen LogP contribution >= 0.6 is 0 Å². The monoisotopic (exact) mass is 437 g/mol. The first-order valence-electron chi connectivity index (χ1n) is 10.1. The Labute approximate surface area is 164 Å². The minimum Gasteiger partial charge on any atom is -1.00 e. The quantitative estimate of drug-likeness (QED) is 0.141. The summed E-state index contributed by atoms with van der Waals surface area (Å²) in [6.45, 7) is 8.53. The van der Waals surface area contributed by atoms with Crippen LogP contribution in [-0.2, 0) is 0 Å². The lowest BCUT2D eigenvalue weighted by Crippen LogP contribution is -3.00. The summed E-state index contributed by atoms with van der Waals surface area (Å²) in [7, 11) is 4.62. The van der Waals surface area contributed by atoms with Gasteiger partial charge < -0.3 is 28.5 Å². The number of halogens is 1. The summed E-state index contributed by atoms with van der Waals surface area (Å²) in [5, 5.41) is 0. The molecule has 0 aromatic heterocycles. The second-order valence-electron chi connectivity index (χ2n) is 7.73. The fourth-order valence-electron chi connectivity index (χ4n) is 3.18. The van der Waals surface area contributed by atoms with Gasteiger partial charge in [0.1, 0.15) is 0 Å². The molecule has 0 aliphatic heterocycles. The molecule has 0 bridgehead atoms. The number of rotatable bonds is 17. The highest BCUT2D eigenvalue weighted by atomic mass is 127. The maximum atomic E-state index is 3.85. The van der Waals surface area contributed by atoms with Gasteiger partial charge in [-0.05, 0) is 18.9 Å². The molecule has 0 saturated heterocycles. The van der Waals surface area contributed by atoms with E-state index < -0.39 is 0 Å². The molecule has 2 heteroatoms. The lowest BCUT2D eigenvalue weighted by Gasteiger charge is -2.28. The smallest absolute Gasteiger partial charge is 0.0966 e. The second kappa shape index (κ2) is 18.8. The number of hydrogen-bond donors (Lipinski definition) is 0. The molecule has 0 spiro atoms. The van der Waals surface area contributed by atoms with E-state index in [4.69, 9.17) is 0 Å². The van der Waals surface area contributed by atoms with Gasteiger partial charge >= 0.3 is 0 Å². The van der Waals surface area contributed by atoms with E-state index in [2.05, 4.69) is 27.6 Å². The van der Waals surface area contributed by atoms with Gasteiger partial charge in [0.05, 0.1) is 27.2 Å². The maximum Gasteiger partial charge on any atom is 0.0966 e. The minimum absolute atomic E-state index is 0. The summed E-state index contributed by atoms with van der Waals surface area (Å²) in [6, 6.07) is 0. The molecule has 0 aromatic rings. The molecule has 0 atom stereocenters. The van der Waals surface area contributed by atoms with E-state index in [9.17, 15) is 0 Å². The molecule has 0 heterocycles. The van der Waals surface area contributed by atoms with Crippen molar-refractivity contribution in [1.82, 2.24) is 0 Å². The number of hydrogen-bond acceptors (Lipinski definition) is 0. The Balaban J connectivity index is 0. The van der Waals surface area contributed by atoms with Crippen molar-refractivity contribution in [2.45, 2.75) is 96.8 Å². The summed E-state index contributed by atoms with van der Waals surface area (Å²) in [5.41, 5.74) is 0. The zero-order chi connectivity index (χ0) is 16.5. The Kier molecular flexibility index (Phi) is 20.9. The van der Waals surface area contributed by atoms with Crippen LogP contribution in [0.5, 0.6) is 0 Å². The van der Waals surface area contributed by atoms with Crippen molar-refractivity contribution in [3.63, 3.8) is 0 Å². The first-order chi connectivity index (χ1) is 10.6. The Hall–Kier alpha value is 0.430. The number of likely N-dealkylation sites (N-methyl/N-ethyl adjacent to an activating group) is 1. The van der Waals surface area contributed by atoms with Gasteiger partial charge in [0.2, 0.25) is 0 Å². The summed E-state index contributed by atoms with van der Waals surface area (Å²) < 4.78 is 1.10. The zero-order valence-corrected chi connectivity index (χ0v) is 18.6. The third-order valence-electron chi connectivity index (χ3n) is 4.74. The molecule has 1 nitrogen and oxygen atoms in total. The van der Waals surface area contributed by atoms with Gasteiger partial charge in [-0.3, -0.25) is 0 Å². The van der Waals surface area contributed by atoms with Crippen LogP contribution in [0, 0.1) is 0 Å². The third kappa shape index (κ3) is 20.4. The molecule has 140 valence electrons. The van der Waals surface area contributed by atoms with E-state index in [1.165, 1.54) is 96.4 Å². The maximum absolute atomic E-state index is 3.85. The summed E-state index contributed by atoms with van der Waals surface area (Å²) >= 11 is 0. The van der Waals surface area contributed by atoms with Crippen molar-refractivity contribution in [3.05, 3.63) is 12.7 Å². The van der Waals surface area contributed by atoms with Gasteiger partial charge in [-0.25, -0.2) is 0 Å². The fourth-order valence-corrected chi connectivity index (χ4v) is 3.18. The van der Waals surface area contributed by atoms with E-state index in [-0.39, 0.29) is 24.0 Å². The first-order valence-corrected chi connectivity index (χ1v) is 10.1. The van der Waals surface area contributed by atoms with Crippen molar-refractivity contribution in [2.24, 2.45) is 0 Å². The minimum atomic E-state index is 0. The molecule has 0 radical (unpaired) electrons. The number of nitrogens with zero attached hydrogens (tertiary/aromatic N) is 1. The molecule has 0 unspecified atom stereocenters. The van der Waals surface area contributed by atoms with Crippen LogP contribution < -0.4 is 24.0 Å². The molecule has 0 aliphatic rings. The predicted molar refractivity (Wildman–Crippen MR) is 102 cm³/mol. The second-order valence-corrected chi connectivity index (χ2v) is 7.73. The zero-order valence-electron chi connectivity index (χ0n) is 16.4. The molecule has 23 heavy (non-hydrogen) atoms. The van der Waals surface area contributed by atoms with E-state index in [1.54, 1.807) is 0 Å². The van der Waals surface area contributed by atoms with Crippen molar-refractivity contribution >= 4 is 0 Å². The molecule has 0 amide bonds. The number of quaternary nitrogens is 1. The van der Waals surface area contributed by atoms with Crippen LogP contribution in [0.4, 0.5) is 0 Å². The van der Waals surface area contributed by atoms with Crippen LogP contribution in [0.1, 0.15) is 96.8 Å². The standard InChI is InChI=1S/C21H44N.HI/c1-5-7-8-9-10-11-12-13-14-15-16-17-18-19-21-22(3,4)20-6-2;/h6H,2,5,7-21H2,1,3-4H3;1H/q+1;/p-1. The Morgan fingerprint density at radius 1 is 0.652 bits per heavy atom. The van der Waals surface area contributed by atoms with Gasteiger partial charge in [-0.15, -0.1) is 0 Å². The average Bonchev–Trinajstić information content (AvgIpc) is 2.47. The lowest BCUT2D eigenvalue weighted by atomic mass is 10.0. The van der Waals surface area contributed by atoms with E-state index in [0.29, 0.717) is 0 Å². The van der Waals surface area contributed by atoms with Gasteiger partial charge in [0.15, 0.2) is 0 Å². The molecular formula is C21H44IN. The van der Waals surface area contributed by atoms with Gasteiger partial charge in [0.25, 0.3) is 0 Å². The summed E-state index contributed by atoms with van der Waals surface area (Å²) in [4.78, 5) is 0. The first kappa shape index (κ1) is 25.7.